The van der Waals surface area contributed by atoms with Crippen molar-refractivity contribution in [3.05, 3.63) is 58.9 Å². The highest BCUT2D eigenvalue weighted by atomic mass is 32.2. The summed E-state index contributed by atoms with van der Waals surface area (Å²) < 4.78 is 62.1. The van der Waals surface area contributed by atoms with Gasteiger partial charge in [0.25, 0.3) is 5.91 Å². The zero-order chi connectivity index (χ0) is 26.1. The van der Waals surface area contributed by atoms with E-state index in [9.17, 15) is 31.5 Å². The van der Waals surface area contributed by atoms with Gasteiger partial charge in [-0.25, -0.2) is 8.42 Å². The van der Waals surface area contributed by atoms with Crippen LogP contribution in [0.15, 0.2) is 41.4 Å². The summed E-state index contributed by atoms with van der Waals surface area (Å²) in [4.78, 5) is 19.6. The van der Waals surface area contributed by atoms with Crippen LogP contribution in [-0.2, 0) is 22.9 Å². The lowest BCUT2D eigenvalue weighted by molar-refractivity contribution is -0.184. The number of aliphatic hydroxyl groups is 1. The van der Waals surface area contributed by atoms with E-state index in [1.165, 1.54) is 18.3 Å². The van der Waals surface area contributed by atoms with Gasteiger partial charge in [0.2, 0.25) is 0 Å². The first kappa shape index (κ1) is 26.6. The summed E-state index contributed by atoms with van der Waals surface area (Å²) in [5.41, 5.74) is 2.67. The van der Waals surface area contributed by atoms with Crippen LogP contribution in [0.2, 0.25) is 0 Å². The van der Waals surface area contributed by atoms with Gasteiger partial charge >= 0.3 is 6.18 Å². The molecule has 2 aliphatic rings. The summed E-state index contributed by atoms with van der Waals surface area (Å²) in [7, 11) is -3.35. The number of aliphatic hydroxyl groups excluding tert-OH is 1. The van der Waals surface area contributed by atoms with Crippen molar-refractivity contribution in [2.75, 3.05) is 19.4 Å². The Morgan fingerprint density at radius 1 is 1.17 bits per heavy atom. The Labute approximate surface area is 208 Å². The van der Waals surface area contributed by atoms with Crippen LogP contribution >= 0.6 is 0 Å². The van der Waals surface area contributed by atoms with E-state index >= 15 is 0 Å². The van der Waals surface area contributed by atoms with Gasteiger partial charge in [0.05, 0.1) is 34.7 Å². The summed E-state index contributed by atoms with van der Waals surface area (Å²) in [6, 6.07) is 7.01. The van der Waals surface area contributed by atoms with Crippen molar-refractivity contribution in [2.24, 2.45) is 11.8 Å². The van der Waals surface area contributed by atoms with Crippen LogP contribution in [0.3, 0.4) is 0 Å². The maximum absolute atomic E-state index is 12.9. The summed E-state index contributed by atoms with van der Waals surface area (Å²) in [6.45, 7) is 1.52. The minimum Gasteiger partial charge on any atom is -0.394 e. The van der Waals surface area contributed by atoms with Crippen molar-refractivity contribution in [2.45, 2.75) is 55.9 Å². The average molecular weight is 526 g/mol. The number of hydrogen-bond donors (Lipinski definition) is 2. The molecule has 11 heteroatoms. The molecule has 2 N–H and O–H groups in total. The second-order valence-corrected chi connectivity index (χ2v) is 11.8. The zero-order valence-corrected chi connectivity index (χ0v) is 20.8. The lowest BCUT2D eigenvalue weighted by atomic mass is 9.81. The van der Waals surface area contributed by atoms with Crippen LogP contribution in [0, 0.1) is 11.8 Å². The number of carbonyl (C=O) groups excluding carboxylic acids is 1. The van der Waals surface area contributed by atoms with Crippen molar-refractivity contribution >= 4 is 15.7 Å². The van der Waals surface area contributed by atoms with E-state index in [1.54, 1.807) is 18.2 Å². The van der Waals surface area contributed by atoms with Gasteiger partial charge < -0.3 is 10.4 Å². The van der Waals surface area contributed by atoms with E-state index in [4.69, 9.17) is 0 Å². The molecule has 0 spiro atoms. The summed E-state index contributed by atoms with van der Waals surface area (Å²) >= 11 is 0. The Balaban J connectivity index is 1.35. The smallest absolute Gasteiger partial charge is 0.391 e. The number of amides is 1. The first-order valence-corrected chi connectivity index (χ1v) is 13.8. The van der Waals surface area contributed by atoms with Crippen molar-refractivity contribution < 1.29 is 31.5 Å². The van der Waals surface area contributed by atoms with Gasteiger partial charge in [0.1, 0.15) is 0 Å². The number of nitrogens with zero attached hydrogens (tertiary/aromatic N) is 2. The number of aromatic nitrogens is 1. The number of benzene rings is 1. The van der Waals surface area contributed by atoms with Crippen LogP contribution < -0.4 is 5.32 Å². The Kier molecular flexibility index (Phi) is 7.72. The van der Waals surface area contributed by atoms with E-state index in [0.717, 1.165) is 17.5 Å². The molecule has 0 bridgehead atoms. The van der Waals surface area contributed by atoms with E-state index < -0.39 is 33.9 Å². The first-order valence-electron chi connectivity index (χ1n) is 11.9. The molecule has 1 atom stereocenters. The van der Waals surface area contributed by atoms with E-state index in [1.807, 2.05) is 0 Å². The molecule has 2 aromatic rings. The molecule has 0 unspecified atom stereocenters. The predicted octanol–water partition coefficient (Wildman–Crippen LogP) is 3.63. The second-order valence-electron chi connectivity index (χ2n) is 9.81. The first-order chi connectivity index (χ1) is 16.9. The summed E-state index contributed by atoms with van der Waals surface area (Å²) in [5.74, 6) is -1.38. The predicted molar refractivity (Wildman–Crippen MR) is 127 cm³/mol. The Hall–Kier alpha value is -2.50. The molecule has 1 aromatic heterocycles. The fourth-order valence-corrected chi connectivity index (χ4v) is 5.67. The number of nitrogens with one attached hydrogen (secondary N) is 1. The third kappa shape index (κ3) is 6.24. The molecular formula is C25H30F3N3O4S. The Morgan fingerprint density at radius 2 is 1.83 bits per heavy atom. The van der Waals surface area contributed by atoms with E-state index in [2.05, 4.69) is 15.2 Å². The molecule has 2 heterocycles. The molecule has 4 rings (SSSR count). The third-order valence-electron chi connectivity index (χ3n) is 7.11. The van der Waals surface area contributed by atoms with Gasteiger partial charge in [0, 0.05) is 32.1 Å². The lowest BCUT2D eigenvalue weighted by Gasteiger charge is -2.32. The van der Waals surface area contributed by atoms with Crippen molar-refractivity contribution in [1.82, 2.24) is 15.2 Å². The van der Waals surface area contributed by atoms with Gasteiger partial charge in [-0.15, -0.1) is 0 Å². The molecule has 0 saturated heterocycles. The fraction of sp³-hybridized carbons (Fsp3) is 0.520. The van der Waals surface area contributed by atoms with Crippen LogP contribution in [0.25, 0.3) is 0 Å². The molecule has 1 amide bonds. The number of alkyl halides is 3. The highest BCUT2D eigenvalue weighted by molar-refractivity contribution is 7.90. The molecule has 0 radical (unpaired) electrons. The van der Waals surface area contributed by atoms with Gasteiger partial charge in [-0.3, -0.25) is 14.7 Å². The Morgan fingerprint density at radius 3 is 2.42 bits per heavy atom. The Bertz CT molecular complexity index is 1190. The highest BCUT2D eigenvalue weighted by Gasteiger charge is 2.41. The fourth-order valence-electron chi connectivity index (χ4n) is 5.04. The molecule has 36 heavy (non-hydrogen) atoms. The standard InChI is InChI=1S/C25H30F3N3O4S/c1-36(34,35)21-8-4-17(5-9-21)23(15-32)30-24(33)18-10-19-13-31(14-22(19)29-11-18)12-16-2-6-20(7-3-16)25(26,27)28/h4-5,8-11,16,20,23,32H,2-3,6-7,12-15H2,1H3,(H,30,33)/t16?,20?,23-/m0/s1. The molecule has 1 saturated carbocycles. The normalized spacial score (nSPS) is 21.7. The molecule has 1 aliphatic heterocycles. The molecule has 196 valence electrons. The van der Waals surface area contributed by atoms with Crippen LogP contribution in [0.5, 0.6) is 0 Å². The minimum atomic E-state index is -4.11. The van der Waals surface area contributed by atoms with Crippen LogP contribution in [-0.4, -0.2) is 54.9 Å². The van der Waals surface area contributed by atoms with Gasteiger partial charge in [-0.1, -0.05) is 12.1 Å². The van der Waals surface area contributed by atoms with Gasteiger partial charge in [-0.05, 0) is 60.9 Å². The number of hydrogen-bond acceptors (Lipinski definition) is 6. The number of pyridine rings is 1. The zero-order valence-electron chi connectivity index (χ0n) is 20.0. The van der Waals surface area contributed by atoms with E-state index in [-0.39, 0.29) is 30.3 Å². The van der Waals surface area contributed by atoms with E-state index in [0.29, 0.717) is 43.6 Å². The monoisotopic (exact) mass is 525 g/mol. The van der Waals surface area contributed by atoms with Gasteiger partial charge in [0.15, 0.2) is 9.84 Å². The second kappa shape index (κ2) is 10.5. The highest BCUT2D eigenvalue weighted by Crippen LogP contribution is 2.40. The molecule has 7 nitrogen and oxygen atoms in total. The number of fused-ring (bicyclic) bond motifs is 1. The van der Waals surface area contributed by atoms with Gasteiger partial charge in [-0.2, -0.15) is 13.2 Å². The summed E-state index contributed by atoms with van der Waals surface area (Å²) in [5, 5.41) is 12.6. The molecule has 1 aliphatic carbocycles. The maximum Gasteiger partial charge on any atom is 0.391 e. The number of sulfone groups is 1. The van der Waals surface area contributed by atoms with Crippen LogP contribution in [0.1, 0.15) is 58.9 Å². The number of rotatable bonds is 7. The average Bonchev–Trinajstić information content (AvgIpc) is 3.23. The van der Waals surface area contributed by atoms with Crippen LogP contribution in [0.4, 0.5) is 13.2 Å². The minimum absolute atomic E-state index is 0.148. The molecule has 1 fully saturated rings. The third-order valence-corrected chi connectivity index (χ3v) is 8.24. The molecular weight excluding hydrogens is 495 g/mol. The largest absolute Gasteiger partial charge is 0.394 e. The quantitative estimate of drug-likeness (QED) is 0.573. The lowest BCUT2D eigenvalue weighted by Crippen LogP contribution is -2.32. The molecule has 1 aromatic carbocycles. The topological polar surface area (TPSA) is 99.6 Å². The van der Waals surface area contributed by atoms with Crippen molar-refractivity contribution in [3.63, 3.8) is 0 Å². The maximum atomic E-state index is 12.9. The SMILES string of the molecule is CS(=O)(=O)c1ccc([C@H](CO)NC(=O)c2cnc3c(c2)CN(CC2CCC(C(F)(F)F)CC2)C3)cc1. The summed E-state index contributed by atoms with van der Waals surface area (Å²) in [6.07, 6.45) is -0.0376. The number of carbonyl (C=O) groups is 1. The number of halogens is 3. The van der Waals surface area contributed by atoms with Crippen molar-refractivity contribution in [1.29, 1.82) is 0 Å². The van der Waals surface area contributed by atoms with Crippen molar-refractivity contribution in [3.8, 4) is 0 Å².